The Morgan fingerprint density at radius 2 is 2.10 bits per heavy atom. The van der Waals surface area contributed by atoms with Gasteiger partial charge in [0.05, 0.1) is 9.82 Å². The zero-order valence-electron chi connectivity index (χ0n) is 11.5. The number of nitrogens with zero attached hydrogens (tertiary/aromatic N) is 1. The fourth-order valence-electron chi connectivity index (χ4n) is 2.19. The molecular formula is C13H18N2O4S. The Kier molecular flexibility index (Phi) is 3.99. The van der Waals surface area contributed by atoms with Gasteiger partial charge in [-0.25, -0.2) is 8.42 Å². The number of nitro groups is 1. The molecule has 0 bridgehead atoms. The van der Waals surface area contributed by atoms with Gasteiger partial charge in [-0.1, -0.05) is 12.8 Å². The van der Waals surface area contributed by atoms with Crippen LogP contribution in [0, 0.1) is 16.0 Å². The van der Waals surface area contributed by atoms with Crippen LogP contribution in [-0.4, -0.2) is 25.6 Å². The van der Waals surface area contributed by atoms with Gasteiger partial charge in [0.15, 0.2) is 9.84 Å². The number of anilines is 1. The highest BCUT2D eigenvalue weighted by atomic mass is 32.2. The third-order valence-corrected chi connectivity index (χ3v) is 4.49. The van der Waals surface area contributed by atoms with E-state index in [2.05, 4.69) is 5.32 Å². The number of benzene rings is 1. The maximum absolute atomic E-state index is 11.5. The van der Waals surface area contributed by atoms with E-state index in [1.54, 1.807) is 0 Å². The first kappa shape index (κ1) is 14.8. The topological polar surface area (TPSA) is 89.3 Å². The zero-order valence-corrected chi connectivity index (χ0v) is 12.3. The minimum Gasteiger partial charge on any atom is -0.377 e. The predicted octanol–water partition coefficient (Wildman–Crippen LogP) is 2.60. The second kappa shape index (κ2) is 5.40. The van der Waals surface area contributed by atoms with E-state index in [1.807, 2.05) is 6.92 Å². The average molecular weight is 298 g/mol. The van der Waals surface area contributed by atoms with Crippen molar-refractivity contribution in [1.82, 2.24) is 0 Å². The molecule has 0 heterocycles. The molecule has 20 heavy (non-hydrogen) atoms. The van der Waals surface area contributed by atoms with Gasteiger partial charge in [-0.3, -0.25) is 10.1 Å². The summed E-state index contributed by atoms with van der Waals surface area (Å²) in [5, 5.41) is 14.2. The third kappa shape index (κ3) is 3.69. The second-order valence-electron chi connectivity index (χ2n) is 5.43. The summed E-state index contributed by atoms with van der Waals surface area (Å²) in [5.41, 5.74) is 0.172. The lowest BCUT2D eigenvalue weighted by Crippen LogP contribution is -2.16. The van der Waals surface area contributed by atoms with Gasteiger partial charge in [-0.05, 0) is 31.4 Å². The molecule has 0 aromatic heterocycles. The first-order valence-electron chi connectivity index (χ1n) is 6.52. The predicted molar refractivity (Wildman–Crippen MR) is 76.6 cm³/mol. The normalized spacial score (nSPS) is 16.7. The van der Waals surface area contributed by atoms with Gasteiger partial charge in [0.2, 0.25) is 0 Å². The molecule has 1 atom stereocenters. The fraction of sp³-hybridized carbons (Fsp3) is 0.538. The van der Waals surface area contributed by atoms with Crippen LogP contribution in [0.3, 0.4) is 0 Å². The molecule has 1 aromatic rings. The minimum absolute atomic E-state index is 0.0374. The van der Waals surface area contributed by atoms with Gasteiger partial charge in [0.1, 0.15) is 5.69 Å². The molecule has 110 valence electrons. The smallest absolute Gasteiger partial charge is 0.293 e. The van der Waals surface area contributed by atoms with Crippen molar-refractivity contribution in [3.05, 3.63) is 28.3 Å². The van der Waals surface area contributed by atoms with E-state index in [0.717, 1.165) is 18.7 Å². The number of sulfone groups is 1. The molecule has 0 radical (unpaired) electrons. The molecule has 0 amide bonds. The van der Waals surface area contributed by atoms with Crippen LogP contribution in [0.15, 0.2) is 23.1 Å². The van der Waals surface area contributed by atoms with Crippen LogP contribution in [0.2, 0.25) is 0 Å². The van der Waals surface area contributed by atoms with Crippen molar-refractivity contribution >= 4 is 21.2 Å². The van der Waals surface area contributed by atoms with Crippen LogP contribution >= 0.6 is 0 Å². The van der Waals surface area contributed by atoms with Crippen LogP contribution in [0.1, 0.15) is 26.2 Å². The number of nitro benzene ring substituents is 1. The quantitative estimate of drug-likeness (QED) is 0.644. The Morgan fingerprint density at radius 1 is 1.45 bits per heavy atom. The molecule has 1 saturated carbocycles. The SMILES string of the molecule is CC(CC1CC1)Nc1ccc(S(C)(=O)=O)cc1[N+](=O)[O-]. The van der Waals surface area contributed by atoms with Crippen molar-refractivity contribution in [2.45, 2.75) is 37.1 Å². The lowest BCUT2D eigenvalue weighted by molar-refractivity contribution is -0.384. The van der Waals surface area contributed by atoms with Crippen LogP contribution in [0.4, 0.5) is 11.4 Å². The molecule has 1 aromatic carbocycles. The van der Waals surface area contributed by atoms with E-state index in [4.69, 9.17) is 0 Å². The van der Waals surface area contributed by atoms with Crippen molar-refractivity contribution in [3.63, 3.8) is 0 Å². The Morgan fingerprint density at radius 3 is 2.60 bits per heavy atom. The molecule has 1 aliphatic rings. The molecule has 7 heteroatoms. The average Bonchev–Trinajstić information content (AvgIpc) is 3.11. The van der Waals surface area contributed by atoms with Crippen molar-refractivity contribution in [2.24, 2.45) is 5.92 Å². The van der Waals surface area contributed by atoms with Gasteiger partial charge >= 0.3 is 0 Å². The molecule has 0 saturated heterocycles. The summed E-state index contributed by atoms with van der Waals surface area (Å²) in [7, 11) is -3.45. The first-order chi connectivity index (χ1) is 9.27. The third-order valence-electron chi connectivity index (χ3n) is 3.38. The van der Waals surface area contributed by atoms with Gasteiger partial charge in [0.25, 0.3) is 5.69 Å². The number of rotatable bonds is 6. The molecule has 0 spiro atoms. The monoisotopic (exact) mass is 298 g/mol. The Bertz CT molecular complexity index is 623. The Hall–Kier alpha value is -1.63. The fourth-order valence-corrected chi connectivity index (χ4v) is 2.83. The highest BCUT2D eigenvalue weighted by Crippen LogP contribution is 2.35. The summed E-state index contributed by atoms with van der Waals surface area (Å²) in [6.07, 6.45) is 4.46. The highest BCUT2D eigenvalue weighted by molar-refractivity contribution is 7.90. The summed E-state index contributed by atoms with van der Waals surface area (Å²) >= 11 is 0. The van der Waals surface area contributed by atoms with Crippen LogP contribution < -0.4 is 5.32 Å². The minimum atomic E-state index is -3.45. The Labute approximate surface area is 118 Å². The van der Waals surface area contributed by atoms with Crippen molar-refractivity contribution in [1.29, 1.82) is 0 Å². The lowest BCUT2D eigenvalue weighted by atomic mass is 10.1. The van der Waals surface area contributed by atoms with Crippen LogP contribution in [0.25, 0.3) is 0 Å². The van der Waals surface area contributed by atoms with Gasteiger partial charge < -0.3 is 5.32 Å². The second-order valence-corrected chi connectivity index (χ2v) is 7.45. The maximum Gasteiger partial charge on any atom is 0.293 e. The first-order valence-corrected chi connectivity index (χ1v) is 8.41. The molecule has 1 fully saturated rings. The summed E-state index contributed by atoms with van der Waals surface area (Å²) in [6.45, 7) is 1.98. The van der Waals surface area contributed by atoms with E-state index >= 15 is 0 Å². The van der Waals surface area contributed by atoms with Crippen molar-refractivity contribution in [3.8, 4) is 0 Å². The zero-order chi connectivity index (χ0) is 14.9. The maximum atomic E-state index is 11.5. The molecule has 1 aliphatic carbocycles. The largest absolute Gasteiger partial charge is 0.377 e. The van der Waals surface area contributed by atoms with E-state index < -0.39 is 14.8 Å². The van der Waals surface area contributed by atoms with E-state index in [0.29, 0.717) is 11.6 Å². The standard InChI is InChI=1S/C13H18N2O4S/c1-9(7-10-3-4-10)14-12-6-5-11(20(2,18)19)8-13(12)15(16)17/h5-6,8-10,14H,3-4,7H2,1-2H3. The molecule has 6 nitrogen and oxygen atoms in total. The molecule has 1 N–H and O–H groups in total. The summed E-state index contributed by atoms with van der Waals surface area (Å²) < 4.78 is 22.9. The van der Waals surface area contributed by atoms with Crippen LogP contribution in [-0.2, 0) is 9.84 Å². The van der Waals surface area contributed by atoms with E-state index in [9.17, 15) is 18.5 Å². The highest BCUT2D eigenvalue weighted by Gasteiger charge is 2.25. The molecule has 0 aliphatic heterocycles. The van der Waals surface area contributed by atoms with E-state index in [-0.39, 0.29) is 16.6 Å². The number of hydrogen-bond acceptors (Lipinski definition) is 5. The number of hydrogen-bond donors (Lipinski definition) is 1. The number of nitrogens with one attached hydrogen (secondary N) is 1. The van der Waals surface area contributed by atoms with Gasteiger partial charge in [-0.2, -0.15) is 0 Å². The summed E-state index contributed by atoms with van der Waals surface area (Å²) in [6, 6.07) is 4.11. The lowest BCUT2D eigenvalue weighted by Gasteiger charge is -2.15. The molecule has 1 unspecified atom stereocenters. The summed E-state index contributed by atoms with van der Waals surface area (Å²) in [4.78, 5) is 10.5. The van der Waals surface area contributed by atoms with Gasteiger partial charge in [0, 0.05) is 18.4 Å². The Balaban J connectivity index is 2.25. The van der Waals surface area contributed by atoms with E-state index in [1.165, 1.54) is 25.0 Å². The molecule has 2 rings (SSSR count). The van der Waals surface area contributed by atoms with Gasteiger partial charge in [-0.15, -0.1) is 0 Å². The van der Waals surface area contributed by atoms with Crippen LogP contribution in [0.5, 0.6) is 0 Å². The van der Waals surface area contributed by atoms with Crippen molar-refractivity contribution in [2.75, 3.05) is 11.6 Å². The molecular weight excluding hydrogens is 280 g/mol. The summed E-state index contributed by atoms with van der Waals surface area (Å²) in [5.74, 6) is 0.715. The van der Waals surface area contributed by atoms with Crippen molar-refractivity contribution < 1.29 is 13.3 Å².